The second-order valence-corrected chi connectivity index (χ2v) is 6.12. The number of aromatic nitrogens is 2. The number of hydrogen-bond acceptors (Lipinski definition) is 3. The van der Waals surface area contributed by atoms with Gasteiger partial charge >= 0.3 is 0 Å². The molecule has 104 valence electrons. The molecule has 19 heavy (non-hydrogen) atoms. The predicted octanol–water partition coefficient (Wildman–Crippen LogP) is 2.93. The van der Waals surface area contributed by atoms with Crippen molar-refractivity contribution in [2.75, 3.05) is 6.61 Å². The van der Waals surface area contributed by atoms with Crippen molar-refractivity contribution in [3.63, 3.8) is 0 Å². The van der Waals surface area contributed by atoms with E-state index in [2.05, 4.69) is 43.7 Å². The van der Waals surface area contributed by atoms with Crippen LogP contribution >= 0.6 is 0 Å². The number of nitrogens with zero attached hydrogens (tertiary/aromatic N) is 1. The molecule has 2 N–H and O–H groups in total. The number of hydrogen-bond donors (Lipinski definition) is 2. The minimum absolute atomic E-state index is 0.0566. The van der Waals surface area contributed by atoms with E-state index in [1.54, 1.807) is 6.92 Å². The van der Waals surface area contributed by atoms with Crippen LogP contribution in [0, 0.1) is 6.92 Å². The Balaban J connectivity index is 2.52. The van der Waals surface area contributed by atoms with E-state index < -0.39 is 6.10 Å². The highest BCUT2D eigenvalue weighted by Crippen LogP contribution is 2.33. The summed E-state index contributed by atoms with van der Waals surface area (Å²) in [6.07, 6.45) is 1.44. The van der Waals surface area contributed by atoms with Crippen molar-refractivity contribution in [3.05, 3.63) is 23.4 Å². The molecule has 1 unspecified atom stereocenters. The zero-order valence-electron chi connectivity index (χ0n) is 12.2. The second kappa shape index (κ2) is 4.85. The third-order valence-electron chi connectivity index (χ3n) is 3.11. The van der Waals surface area contributed by atoms with Crippen LogP contribution in [-0.2, 0) is 5.41 Å². The zero-order chi connectivity index (χ0) is 14.2. The number of aliphatic hydroxyl groups is 1. The fraction of sp³-hybridized carbons (Fsp3) is 0.533. The van der Waals surface area contributed by atoms with Crippen LogP contribution in [0.3, 0.4) is 0 Å². The smallest absolute Gasteiger partial charge is 0.219 e. The van der Waals surface area contributed by atoms with Crippen molar-refractivity contribution in [2.24, 2.45) is 0 Å². The van der Waals surface area contributed by atoms with E-state index in [0.717, 1.165) is 16.6 Å². The Morgan fingerprint density at radius 1 is 1.42 bits per heavy atom. The van der Waals surface area contributed by atoms with Gasteiger partial charge in [0, 0.05) is 17.1 Å². The SMILES string of the molecule is Cc1c[nH]c2nc(OCC(C)O)c(C(C)(C)C)cc12. The molecule has 0 radical (unpaired) electrons. The Morgan fingerprint density at radius 3 is 2.68 bits per heavy atom. The normalized spacial score (nSPS) is 13.8. The molecule has 0 aliphatic heterocycles. The molecule has 0 aliphatic carbocycles. The molecule has 2 heterocycles. The first-order valence-electron chi connectivity index (χ1n) is 6.59. The molecule has 4 heteroatoms. The van der Waals surface area contributed by atoms with Crippen molar-refractivity contribution >= 4 is 11.0 Å². The van der Waals surface area contributed by atoms with Gasteiger partial charge in [0.1, 0.15) is 12.3 Å². The summed E-state index contributed by atoms with van der Waals surface area (Å²) in [7, 11) is 0. The molecule has 2 aromatic rings. The number of aromatic amines is 1. The van der Waals surface area contributed by atoms with Gasteiger partial charge in [0.05, 0.1) is 6.10 Å². The highest BCUT2D eigenvalue weighted by molar-refractivity contribution is 5.81. The third-order valence-corrected chi connectivity index (χ3v) is 3.11. The highest BCUT2D eigenvalue weighted by atomic mass is 16.5. The van der Waals surface area contributed by atoms with Gasteiger partial charge in [0.15, 0.2) is 0 Å². The summed E-state index contributed by atoms with van der Waals surface area (Å²) in [6.45, 7) is 10.4. The molecule has 0 amide bonds. The lowest BCUT2D eigenvalue weighted by molar-refractivity contribution is 0.118. The molecular weight excluding hydrogens is 240 g/mol. The Hall–Kier alpha value is -1.55. The first-order chi connectivity index (χ1) is 8.79. The summed E-state index contributed by atoms with van der Waals surface area (Å²) in [5.74, 6) is 0.600. The van der Waals surface area contributed by atoms with E-state index in [0.29, 0.717) is 5.88 Å². The number of pyridine rings is 1. The van der Waals surface area contributed by atoms with Crippen LogP contribution in [0.15, 0.2) is 12.3 Å². The van der Waals surface area contributed by atoms with Crippen molar-refractivity contribution < 1.29 is 9.84 Å². The van der Waals surface area contributed by atoms with Crippen LogP contribution in [0.2, 0.25) is 0 Å². The summed E-state index contributed by atoms with van der Waals surface area (Å²) >= 11 is 0. The van der Waals surface area contributed by atoms with Gasteiger partial charge in [-0.05, 0) is 30.9 Å². The number of H-pyrrole nitrogens is 1. The molecular formula is C15H22N2O2. The number of nitrogens with one attached hydrogen (secondary N) is 1. The van der Waals surface area contributed by atoms with Crippen LogP contribution in [-0.4, -0.2) is 27.8 Å². The van der Waals surface area contributed by atoms with Crippen molar-refractivity contribution in [1.29, 1.82) is 0 Å². The average molecular weight is 262 g/mol. The van der Waals surface area contributed by atoms with Gasteiger partial charge in [-0.2, -0.15) is 4.98 Å². The molecule has 0 spiro atoms. The maximum Gasteiger partial charge on any atom is 0.219 e. The first kappa shape index (κ1) is 13.9. The van der Waals surface area contributed by atoms with E-state index in [4.69, 9.17) is 4.74 Å². The van der Waals surface area contributed by atoms with Gasteiger partial charge in [0.2, 0.25) is 5.88 Å². The molecule has 2 rings (SSSR count). The molecule has 0 saturated carbocycles. The maximum absolute atomic E-state index is 9.36. The van der Waals surface area contributed by atoms with Crippen LogP contribution in [0.4, 0.5) is 0 Å². The Morgan fingerprint density at radius 2 is 2.11 bits per heavy atom. The Kier molecular flexibility index (Phi) is 3.54. The highest BCUT2D eigenvalue weighted by Gasteiger charge is 2.22. The Labute approximate surface area is 113 Å². The van der Waals surface area contributed by atoms with Gasteiger partial charge in [-0.1, -0.05) is 20.8 Å². The van der Waals surface area contributed by atoms with Gasteiger partial charge < -0.3 is 14.8 Å². The lowest BCUT2D eigenvalue weighted by Gasteiger charge is -2.22. The van der Waals surface area contributed by atoms with Crippen molar-refractivity contribution in [2.45, 2.75) is 46.1 Å². The fourth-order valence-electron chi connectivity index (χ4n) is 2.01. The maximum atomic E-state index is 9.36. The largest absolute Gasteiger partial charge is 0.475 e. The lowest BCUT2D eigenvalue weighted by atomic mass is 9.87. The topological polar surface area (TPSA) is 58.1 Å². The predicted molar refractivity (Wildman–Crippen MR) is 76.7 cm³/mol. The van der Waals surface area contributed by atoms with Gasteiger partial charge in [-0.25, -0.2) is 0 Å². The summed E-state index contributed by atoms with van der Waals surface area (Å²) < 4.78 is 5.66. The fourth-order valence-corrected chi connectivity index (χ4v) is 2.01. The molecule has 0 aliphatic rings. The lowest BCUT2D eigenvalue weighted by Crippen LogP contribution is -2.18. The van der Waals surface area contributed by atoms with Crippen molar-refractivity contribution in [1.82, 2.24) is 9.97 Å². The minimum Gasteiger partial charge on any atom is -0.475 e. The third kappa shape index (κ3) is 2.89. The van der Waals surface area contributed by atoms with Crippen LogP contribution in [0.1, 0.15) is 38.8 Å². The molecule has 0 bridgehead atoms. The number of rotatable bonds is 3. The quantitative estimate of drug-likeness (QED) is 0.894. The summed E-state index contributed by atoms with van der Waals surface area (Å²) in [6, 6.07) is 2.13. The van der Waals surface area contributed by atoms with E-state index >= 15 is 0 Å². The molecule has 4 nitrogen and oxygen atoms in total. The summed E-state index contributed by atoms with van der Waals surface area (Å²) in [4.78, 5) is 7.69. The van der Waals surface area contributed by atoms with Crippen LogP contribution < -0.4 is 4.74 Å². The molecule has 2 aromatic heterocycles. The van der Waals surface area contributed by atoms with Gasteiger partial charge in [0.25, 0.3) is 0 Å². The minimum atomic E-state index is -0.504. The molecule has 0 aromatic carbocycles. The van der Waals surface area contributed by atoms with Crippen LogP contribution in [0.25, 0.3) is 11.0 Å². The number of fused-ring (bicyclic) bond motifs is 1. The first-order valence-corrected chi connectivity index (χ1v) is 6.59. The van der Waals surface area contributed by atoms with Gasteiger partial charge in [-0.3, -0.25) is 0 Å². The molecule has 1 atom stereocenters. The number of ether oxygens (including phenoxy) is 1. The van der Waals surface area contributed by atoms with Gasteiger partial charge in [-0.15, -0.1) is 0 Å². The number of aryl methyl sites for hydroxylation is 1. The van der Waals surface area contributed by atoms with E-state index in [1.807, 2.05) is 6.20 Å². The van der Waals surface area contributed by atoms with E-state index in [1.165, 1.54) is 5.56 Å². The Bertz CT molecular complexity index is 580. The van der Waals surface area contributed by atoms with Crippen LogP contribution in [0.5, 0.6) is 5.88 Å². The summed E-state index contributed by atoms with van der Waals surface area (Å²) in [5.41, 5.74) is 3.00. The second-order valence-electron chi connectivity index (χ2n) is 6.12. The van der Waals surface area contributed by atoms with Crippen molar-refractivity contribution in [3.8, 4) is 5.88 Å². The average Bonchev–Trinajstić information content (AvgIpc) is 2.65. The molecule has 0 fully saturated rings. The molecule has 0 saturated heterocycles. The standard InChI is InChI=1S/C15H22N2O2/c1-9-7-16-13-11(9)6-12(15(3,4)5)14(17-13)19-8-10(2)18/h6-7,10,18H,8H2,1-5H3,(H,16,17). The van der Waals surface area contributed by atoms with E-state index in [9.17, 15) is 5.11 Å². The summed E-state index contributed by atoms with van der Waals surface area (Å²) in [5, 5.41) is 10.5. The van der Waals surface area contributed by atoms with E-state index in [-0.39, 0.29) is 12.0 Å². The monoisotopic (exact) mass is 262 g/mol. The zero-order valence-corrected chi connectivity index (χ0v) is 12.2. The number of aliphatic hydroxyl groups excluding tert-OH is 1.